The van der Waals surface area contributed by atoms with Crippen molar-refractivity contribution in [1.29, 1.82) is 0 Å². The molecule has 0 aliphatic carbocycles. The molecule has 1 fully saturated rings. The summed E-state index contributed by atoms with van der Waals surface area (Å²) in [6, 6.07) is 7.49. The van der Waals surface area contributed by atoms with E-state index in [0.29, 0.717) is 5.56 Å². The van der Waals surface area contributed by atoms with Gasteiger partial charge in [-0.2, -0.15) is 0 Å². The first kappa shape index (κ1) is 16.0. The summed E-state index contributed by atoms with van der Waals surface area (Å²) in [5.74, 6) is -1.14. The first-order valence-electron chi connectivity index (χ1n) is 7.87. The number of nitrogens with zero attached hydrogens (tertiary/aromatic N) is 2. The van der Waals surface area contributed by atoms with Crippen LogP contribution in [0.4, 0.5) is 8.78 Å². The molecule has 1 aliphatic heterocycles. The molecule has 0 radical (unpaired) electrons. The lowest BCUT2D eigenvalue weighted by Gasteiger charge is -2.40. The van der Waals surface area contributed by atoms with E-state index in [1.165, 1.54) is 18.2 Å². The Morgan fingerprint density at radius 2 is 1.70 bits per heavy atom. The lowest BCUT2D eigenvalue weighted by molar-refractivity contribution is 0.0988. The Hall–Kier alpha value is -1.85. The quantitative estimate of drug-likeness (QED) is 0.942. The van der Waals surface area contributed by atoms with Gasteiger partial charge in [-0.05, 0) is 32.0 Å². The number of nitrogens with one attached hydrogen (secondary N) is 1. The Kier molecular flexibility index (Phi) is 4.41. The summed E-state index contributed by atoms with van der Waals surface area (Å²) >= 11 is 0. The highest BCUT2D eigenvalue weighted by atomic mass is 19.1. The molecule has 0 saturated carbocycles. The number of hydrogen-bond acceptors (Lipinski definition) is 3. The van der Waals surface area contributed by atoms with Gasteiger partial charge in [0.1, 0.15) is 11.6 Å². The second-order valence-electron chi connectivity index (χ2n) is 6.32. The van der Waals surface area contributed by atoms with E-state index >= 15 is 0 Å². The zero-order valence-electron chi connectivity index (χ0n) is 13.4. The summed E-state index contributed by atoms with van der Waals surface area (Å²) in [7, 11) is 0. The molecule has 23 heavy (non-hydrogen) atoms. The minimum atomic E-state index is -0.569. The van der Waals surface area contributed by atoms with Crippen molar-refractivity contribution in [2.75, 3.05) is 26.2 Å². The van der Waals surface area contributed by atoms with E-state index in [0.717, 1.165) is 31.9 Å². The molecule has 122 valence electrons. The molecule has 3 nitrogen and oxygen atoms in total. The molecule has 1 N–H and O–H groups in total. The van der Waals surface area contributed by atoms with Gasteiger partial charge in [-0.25, -0.2) is 8.78 Å². The minimum absolute atomic E-state index is 0.0217. The van der Waals surface area contributed by atoms with Crippen LogP contribution in [-0.2, 0) is 5.54 Å². The smallest absolute Gasteiger partial charge is 0.134 e. The van der Waals surface area contributed by atoms with E-state index in [1.54, 1.807) is 12.3 Å². The number of pyridine rings is 1. The highest BCUT2D eigenvalue weighted by molar-refractivity contribution is 5.64. The fourth-order valence-electron chi connectivity index (χ4n) is 3.06. The van der Waals surface area contributed by atoms with E-state index in [-0.39, 0.29) is 11.1 Å². The topological polar surface area (TPSA) is 28.2 Å². The van der Waals surface area contributed by atoms with Gasteiger partial charge in [-0.1, -0.05) is 12.1 Å². The summed E-state index contributed by atoms with van der Waals surface area (Å²) in [6.45, 7) is 8.09. The van der Waals surface area contributed by atoms with Crippen molar-refractivity contribution in [2.45, 2.75) is 19.4 Å². The monoisotopic (exact) mass is 317 g/mol. The Morgan fingerprint density at radius 1 is 1.04 bits per heavy atom. The molecule has 1 aliphatic rings. The van der Waals surface area contributed by atoms with Gasteiger partial charge < -0.3 is 5.32 Å². The zero-order chi connectivity index (χ0) is 16.4. The number of aromatic nitrogens is 1. The normalized spacial score (nSPS) is 16.5. The van der Waals surface area contributed by atoms with Crippen LogP contribution in [0.25, 0.3) is 11.1 Å². The molecule has 1 aromatic heterocycles. The van der Waals surface area contributed by atoms with Crippen molar-refractivity contribution in [3.05, 3.63) is 53.9 Å². The predicted octanol–water partition coefficient (Wildman–Crippen LogP) is 3.17. The second-order valence-corrected chi connectivity index (χ2v) is 6.32. The molecule has 2 heterocycles. The standard InChI is InChI=1S/C18H21F2N3/c1-18(2,23-10-8-21-9-11-23)16-7-6-13(12-22-16)17-14(19)4-3-5-15(17)20/h3-7,12,21H,8-11H2,1-2H3. The summed E-state index contributed by atoms with van der Waals surface area (Å²) in [5.41, 5.74) is 1.13. The maximum atomic E-state index is 13.9. The van der Waals surface area contributed by atoms with E-state index in [4.69, 9.17) is 0 Å². The van der Waals surface area contributed by atoms with Gasteiger partial charge in [0.25, 0.3) is 0 Å². The number of hydrogen-bond donors (Lipinski definition) is 1. The maximum absolute atomic E-state index is 13.9. The van der Waals surface area contributed by atoms with E-state index in [9.17, 15) is 8.78 Å². The lowest BCUT2D eigenvalue weighted by atomic mass is 9.95. The summed E-state index contributed by atoms with van der Waals surface area (Å²) in [6.07, 6.45) is 1.56. The van der Waals surface area contributed by atoms with Crippen molar-refractivity contribution < 1.29 is 8.78 Å². The van der Waals surface area contributed by atoms with Gasteiger partial charge in [-0.3, -0.25) is 9.88 Å². The van der Waals surface area contributed by atoms with Crippen LogP contribution in [0.1, 0.15) is 19.5 Å². The SMILES string of the molecule is CC(C)(c1ccc(-c2c(F)cccc2F)cn1)N1CCNCC1. The van der Waals surface area contributed by atoms with Crippen molar-refractivity contribution in [1.82, 2.24) is 15.2 Å². The average Bonchev–Trinajstić information content (AvgIpc) is 2.56. The highest BCUT2D eigenvalue weighted by Crippen LogP contribution is 2.30. The number of benzene rings is 1. The molecule has 5 heteroatoms. The Bertz CT molecular complexity index is 657. The third kappa shape index (κ3) is 3.12. The Morgan fingerprint density at radius 3 is 2.26 bits per heavy atom. The van der Waals surface area contributed by atoms with Gasteiger partial charge in [0.2, 0.25) is 0 Å². The van der Waals surface area contributed by atoms with Crippen molar-refractivity contribution >= 4 is 0 Å². The molecule has 1 saturated heterocycles. The van der Waals surface area contributed by atoms with Crippen LogP contribution in [0.5, 0.6) is 0 Å². The molecular formula is C18H21F2N3. The molecule has 0 unspecified atom stereocenters. The highest BCUT2D eigenvalue weighted by Gasteiger charge is 2.30. The molecule has 3 rings (SSSR count). The summed E-state index contributed by atoms with van der Waals surface area (Å²) in [5, 5.41) is 3.34. The van der Waals surface area contributed by atoms with Gasteiger partial charge in [0.05, 0.1) is 16.8 Å². The van der Waals surface area contributed by atoms with E-state index in [1.807, 2.05) is 6.07 Å². The second kappa shape index (κ2) is 6.34. The Labute approximate surface area is 135 Å². The molecule has 0 atom stereocenters. The molecule has 0 bridgehead atoms. The molecular weight excluding hydrogens is 296 g/mol. The van der Waals surface area contributed by atoms with E-state index < -0.39 is 11.6 Å². The van der Waals surface area contributed by atoms with Gasteiger partial charge in [-0.15, -0.1) is 0 Å². The van der Waals surface area contributed by atoms with Gasteiger partial charge in [0, 0.05) is 37.9 Å². The van der Waals surface area contributed by atoms with Crippen LogP contribution in [0.3, 0.4) is 0 Å². The molecule has 0 spiro atoms. The third-order valence-electron chi connectivity index (χ3n) is 4.55. The van der Waals surface area contributed by atoms with Crippen molar-refractivity contribution in [2.24, 2.45) is 0 Å². The van der Waals surface area contributed by atoms with Crippen molar-refractivity contribution in [3.8, 4) is 11.1 Å². The fraction of sp³-hybridized carbons (Fsp3) is 0.389. The van der Waals surface area contributed by atoms with Crippen LogP contribution in [0, 0.1) is 11.6 Å². The summed E-state index contributed by atoms with van der Waals surface area (Å²) in [4.78, 5) is 6.86. The lowest BCUT2D eigenvalue weighted by Crippen LogP contribution is -2.52. The van der Waals surface area contributed by atoms with Gasteiger partial charge in [0.15, 0.2) is 0 Å². The largest absolute Gasteiger partial charge is 0.314 e. The van der Waals surface area contributed by atoms with Crippen LogP contribution < -0.4 is 5.32 Å². The fourth-order valence-corrected chi connectivity index (χ4v) is 3.06. The minimum Gasteiger partial charge on any atom is -0.314 e. The predicted molar refractivity (Wildman–Crippen MR) is 87.1 cm³/mol. The number of piperazine rings is 1. The maximum Gasteiger partial charge on any atom is 0.134 e. The van der Waals surface area contributed by atoms with Crippen molar-refractivity contribution in [3.63, 3.8) is 0 Å². The molecule has 0 amide bonds. The van der Waals surface area contributed by atoms with Crippen LogP contribution in [-0.4, -0.2) is 36.1 Å². The summed E-state index contributed by atoms with van der Waals surface area (Å²) < 4.78 is 27.8. The third-order valence-corrected chi connectivity index (χ3v) is 4.55. The first-order chi connectivity index (χ1) is 11.0. The zero-order valence-corrected chi connectivity index (χ0v) is 13.4. The number of halogens is 2. The van der Waals surface area contributed by atoms with Crippen LogP contribution in [0.2, 0.25) is 0 Å². The van der Waals surface area contributed by atoms with Crippen LogP contribution in [0.15, 0.2) is 36.5 Å². The van der Waals surface area contributed by atoms with Crippen LogP contribution >= 0.6 is 0 Å². The Balaban J connectivity index is 1.90. The van der Waals surface area contributed by atoms with Gasteiger partial charge >= 0.3 is 0 Å². The molecule has 2 aromatic rings. The number of rotatable bonds is 3. The van der Waals surface area contributed by atoms with E-state index in [2.05, 4.69) is 29.0 Å². The first-order valence-corrected chi connectivity index (χ1v) is 7.87. The average molecular weight is 317 g/mol. The molecule has 1 aromatic carbocycles.